The van der Waals surface area contributed by atoms with Gasteiger partial charge in [-0.15, -0.1) is 0 Å². The van der Waals surface area contributed by atoms with Gasteiger partial charge in [-0.25, -0.2) is 4.79 Å². The van der Waals surface area contributed by atoms with E-state index in [1.165, 1.54) is 0 Å². The van der Waals surface area contributed by atoms with Crippen LogP contribution < -0.4 is 5.73 Å². The second-order valence-corrected chi connectivity index (χ2v) is 5.12. The molecule has 0 aliphatic carbocycles. The number of piperazine rings is 1. The predicted molar refractivity (Wildman–Crippen MR) is 80.4 cm³/mol. The average Bonchev–Trinajstić information content (AvgIpc) is 2.49. The van der Waals surface area contributed by atoms with E-state index in [9.17, 15) is 9.59 Å². The Morgan fingerprint density at radius 2 is 1.86 bits per heavy atom. The van der Waals surface area contributed by atoms with Crippen molar-refractivity contribution in [2.45, 2.75) is 6.92 Å². The van der Waals surface area contributed by atoms with Gasteiger partial charge in [0.2, 0.25) is 0 Å². The number of benzene rings is 1. The van der Waals surface area contributed by atoms with Crippen molar-refractivity contribution < 1.29 is 14.3 Å². The van der Waals surface area contributed by atoms with E-state index in [2.05, 4.69) is 0 Å². The molecule has 0 spiro atoms. The van der Waals surface area contributed by atoms with E-state index in [-0.39, 0.29) is 12.0 Å². The molecule has 0 bridgehead atoms. The van der Waals surface area contributed by atoms with Gasteiger partial charge >= 0.3 is 6.09 Å². The quantitative estimate of drug-likeness (QED) is 0.846. The first-order valence-corrected chi connectivity index (χ1v) is 7.16. The van der Waals surface area contributed by atoms with Crippen LogP contribution in [0, 0.1) is 0 Å². The number of carbonyl (C=O) groups excluding carboxylic acids is 2. The maximum absolute atomic E-state index is 12.4. The Balaban J connectivity index is 2.00. The summed E-state index contributed by atoms with van der Waals surface area (Å²) in [4.78, 5) is 27.3. The van der Waals surface area contributed by atoms with E-state index in [0.717, 1.165) is 0 Å². The molecule has 0 aromatic heterocycles. The summed E-state index contributed by atoms with van der Waals surface area (Å²) >= 11 is 6.04. The molecule has 6 nitrogen and oxygen atoms in total. The normalized spacial score (nSPS) is 15.0. The molecule has 7 heteroatoms. The van der Waals surface area contributed by atoms with Crippen molar-refractivity contribution in [1.29, 1.82) is 0 Å². The highest BCUT2D eigenvalue weighted by Crippen LogP contribution is 2.21. The minimum absolute atomic E-state index is 0.171. The summed E-state index contributed by atoms with van der Waals surface area (Å²) in [5.74, 6) is -0.171. The van der Waals surface area contributed by atoms with Crippen LogP contribution in [-0.4, -0.2) is 54.6 Å². The monoisotopic (exact) mass is 311 g/mol. The number of anilines is 1. The predicted octanol–water partition coefficient (Wildman–Crippen LogP) is 1.84. The van der Waals surface area contributed by atoms with Gasteiger partial charge in [-0.05, 0) is 25.1 Å². The van der Waals surface area contributed by atoms with Gasteiger partial charge in [0.25, 0.3) is 5.91 Å². The second-order valence-electron chi connectivity index (χ2n) is 4.72. The fraction of sp³-hybridized carbons (Fsp3) is 0.429. The first kappa shape index (κ1) is 15.4. The van der Waals surface area contributed by atoms with Crippen molar-refractivity contribution in [3.8, 4) is 0 Å². The number of halogens is 1. The largest absolute Gasteiger partial charge is 0.450 e. The number of nitrogen functional groups attached to an aromatic ring is 1. The Kier molecular flexibility index (Phi) is 4.90. The third-order valence-corrected chi connectivity index (χ3v) is 3.64. The second kappa shape index (κ2) is 6.67. The summed E-state index contributed by atoms with van der Waals surface area (Å²) < 4.78 is 4.94. The van der Waals surface area contributed by atoms with E-state index in [4.69, 9.17) is 22.1 Å². The van der Waals surface area contributed by atoms with Crippen molar-refractivity contribution in [2.75, 3.05) is 38.5 Å². The molecule has 2 amide bonds. The molecule has 0 saturated carbocycles. The number of carbonyl (C=O) groups is 2. The van der Waals surface area contributed by atoms with Crippen molar-refractivity contribution in [3.63, 3.8) is 0 Å². The molecule has 1 aliphatic heterocycles. The number of hydrogen-bond donors (Lipinski definition) is 1. The standard InChI is InChI=1S/C14H18ClN3O3/c1-2-21-14(20)18-7-5-17(6-8-18)13(19)11-9-10(16)3-4-12(11)15/h3-4,9H,2,5-8,16H2,1H3. The molecule has 0 unspecified atom stereocenters. The van der Waals surface area contributed by atoms with Crippen molar-refractivity contribution in [1.82, 2.24) is 9.80 Å². The van der Waals surface area contributed by atoms with Crippen LogP contribution in [0.4, 0.5) is 10.5 Å². The van der Waals surface area contributed by atoms with Gasteiger partial charge in [-0.1, -0.05) is 11.6 Å². The number of nitrogens with zero attached hydrogens (tertiary/aromatic N) is 2. The molecule has 21 heavy (non-hydrogen) atoms. The van der Waals surface area contributed by atoms with Crippen molar-refractivity contribution in [3.05, 3.63) is 28.8 Å². The van der Waals surface area contributed by atoms with Crippen LogP contribution in [0.15, 0.2) is 18.2 Å². The summed E-state index contributed by atoms with van der Waals surface area (Å²) in [6.45, 7) is 3.90. The maximum Gasteiger partial charge on any atom is 0.409 e. The first-order chi connectivity index (χ1) is 10.0. The number of amides is 2. The molecule has 1 fully saturated rings. The van der Waals surface area contributed by atoms with E-state index >= 15 is 0 Å². The fourth-order valence-corrected chi connectivity index (χ4v) is 2.38. The van der Waals surface area contributed by atoms with Crippen LogP contribution in [0.1, 0.15) is 17.3 Å². The fourth-order valence-electron chi connectivity index (χ4n) is 2.18. The lowest BCUT2D eigenvalue weighted by atomic mass is 10.1. The third-order valence-electron chi connectivity index (χ3n) is 3.31. The highest BCUT2D eigenvalue weighted by Gasteiger charge is 2.26. The van der Waals surface area contributed by atoms with Crippen LogP contribution in [-0.2, 0) is 4.74 Å². The molecular formula is C14H18ClN3O3. The van der Waals surface area contributed by atoms with E-state index in [1.54, 1.807) is 34.9 Å². The van der Waals surface area contributed by atoms with Gasteiger partial charge in [0.1, 0.15) is 0 Å². The average molecular weight is 312 g/mol. The lowest BCUT2D eigenvalue weighted by molar-refractivity contribution is 0.0570. The SMILES string of the molecule is CCOC(=O)N1CCN(C(=O)c2cc(N)ccc2Cl)CC1. The molecule has 1 aliphatic rings. The Bertz CT molecular complexity index is 542. The molecule has 1 heterocycles. The molecule has 0 atom stereocenters. The summed E-state index contributed by atoms with van der Waals surface area (Å²) in [7, 11) is 0. The third kappa shape index (κ3) is 3.58. The van der Waals surface area contributed by atoms with Crippen molar-refractivity contribution >= 4 is 29.3 Å². The maximum atomic E-state index is 12.4. The highest BCUT2D eigenvalue weighted by atomic mass is 35.5. The van der Waals surface area contributed by atoms with E-state index < -0.39 is 0 Å². The van der Waals surface area contributed by atoms with Gasteiger partial charge in [0, 0.05) is 31.9 Å². The first-order valence-electron chi connectivity index (χ1n) is 6.79. The minimum atomic E-state index is -0.341. The molecule has 2 rings (SSSR count). The Morgan fingerprint density at radius 1 is 1.24 bits per heavy atom. The molecule has 1 saturated heterocycles. The van der Waals surface area contributed by atoms with Crippen molar-refractivity contribution in [2.24, 2.45) is 0 Å². The Hall–Kier alpha value is -1.95. The minimum Gasteiger partial charge on any atom is -0.450 e. The number of hydrogen-bond acceptors (Lipinski definition) is 4. The van der Waals surface area contributed by atoms with Crippen LogP contribution in [0.25, 0.3) is 0 Å². The summed E-state index contributed by atoms with van der Waals surface area (Å²) in [6, 6.07) is 4.83. The Labute approximate surface area is 128 Å². The lowest BCUT2D eigenvalue weighted by Crippen LogP contribution is -2.50. The zero-order valence-electron chi connectivity index (χ0n) is 11.8. The van der Waals surface area contributed by atoms with Crippen LogP contribution in [0.3, 0.4) is 0 Å². The zero-order chi connectivity index (χ0) is 15.4. The summed E-state index contributed by atoms with van der Waals surface area (Å²) in [6.07, 6.45) is -0.341. The topological polar surface area (TPSA) is 75.9 Å². The van der Waals surface area contributed by atoms with E-state index in [0.29, 0.717) is 49.1 Å². The molecule has 1 aromatic carbocycles. The smallest absolute Gasteiger partial charge is 0.409 e. The Morgan fingerprint density at radius 3 is 2.48 bits per heavy atom. The number of ether oxygens (including phenoxy) is 1. The molecule has 0 radical (unpaired) electrons. The van der Waals surface area contributed by atoms with Crippen LogP contribution in [0.5, 0.6) is 0 Å². The van der Waals surface area contributed by atoms with E-state index in [1.807, 2.05) is 0 Å². The zero-order valence-corrected chi connectivity index (χ0v) is 12.6. The van der Waals surface area contributed by atoms with Gasteiger partial charge in [-0.2, -0.15) is 0 Å². The lowest BCUT2D eigenvalue weighted by Gasteiger charge is -2.34. The van der Waals surface area contributed by atoms with Crippen LogP contribution >= 0.6 is 11.6 Å². The summed E-state index contributed by atoms with van der Waals surface area (Å²) in [5, 5.41) is 0.377. The number of rotatable bonds is 2. The van der Waals surface area contributed by atoms with Gasteiger partial charge in [0.15, 0.2) is 0 Å². The van der Waals surface area contributed by atoms with Gasteiger partial charge < -0.3 is 20.3 Å². The molecular weight excluding hydrogens is 294 g/mol. The highest BCUT2D eigenvalue weighted by molar-refractivity contribution is 6.34. The molecule has 114 valence electrons. The summed E-state index contributed by atoms with van der Waals surface area (Å²) in [5.41, 5.74) is 6.57. The number of nitrogens with two attached hydrogens (primary N) is 1. The molecule has 1 aromatic rings. The van der Waals surface area contributed by atoms with Crippen LogP contribution in [0.2, 0.25) is 5.02 Å². The van der Waals surface area contributed by atoms with Gasteiger partial charge in [0.05, 0.1) is 17.2 Å². The van der Waals surface area contributed by atoms with Gasteiger partial charge in [-0.3, -0.25) is 4.79 Å². The molecule has 2 N–H and O–H groups in total.